The second kappa shape index (κ2) is 4.81. The molecule has 11 heavy (non-hydrogen) atoms. The Morgan fingerprint density at radius 3 is 2.27 bits per heavy atom. The van der Waals surface area contributed by atoms with Gasteiger partial charge >= 0.3 is 5.97 Å². The van der Waals surface area contributed by atoms with Crippen molar-refractivity contribution in [2.75, 3.05) is 6.61 Å². The van der Waals surface area contributed by atoms with Gasteiger partial charge in [-0.25, -0.2) is 4.79 Å². The van der Waals surface area contributed by atoms with Crippen molar-refractivity contribution < 1.29 is 24.9 Å². The number of aliphatic carboxylic acids is 1. The molecule has 1 atom stereocenters. The molecule has 0 aromatic heterocycles. The molecule has 0 saturated heterocycles. The maximum Gasteiger partial charge on any atom is 0.340 e. The zero-order chi connectivity index (χ0) is 8.85. The largest absolute Gasteiger partial charge is 0.479 e. The van der Waals surface area contributed by atoms with Gasteiger partial charge in [0.05, 0.1) is 0 Å². The summed E-state index contributed by atoms with van der Waals surface area (Å²) in [6.07, 6.45) is -1.87. The van der Waals surface area contributed by atoms with E-state index in [9.17, 15) is 9.59 Å². The van der Waals surface area contributed by atoms with E-state index in [1.807, 2.05) is 0 Å². The quantitative estimate of drug-likeness (QED) is 0.440. The predicted molar refractivity (Wildman–Crippen MR) is 35.0 cm³/mol. The van der Waals surface area contributed by atoms with Crippen molar-refractivity contribution in [1.29, 1.82) is 0 Å². The number of aliphatic hydroxyl groups excluding tert-OH is 2. The Bertz CT molecular complexity index is 153. The highest BCUT2D eigenvalue weighted by Crippen LogP contribution is 1.95. The number of carbonyl (C=O) groups excluding carboxylic acids is 1. The van der Waals surface area contributed by atoms with Gasteiger partial charge in [-0.3, -0.25) is 4.79 Å². The second-order valence-electron chi connectivity index (χ2n) is 2.03. The lowest BCUT2D eigenvalue weighted by Gasteiger charge is -2.01. The van der Waals surface area contributed by atoms with Crippen molar-refractivity contribution in [2.24, 2.45) is 0 Å². The molecule has 0 aromatic carbocycles. The van der Waals surface area contributed by atoms with Gasteiger partial charge in [-0.2, -0.15) is 0 Å². The van der Waals surface area contributed by atoms with Gasteiger partial charge < -0.3 is 15.3 Å². The maximum absolute atomic E-state index is 10.6. The summed E-state index contributed by atoms with van der Waals surface area (Å²) >= 11 is 0. The first-order valence-corrected chi connectivity index (χ1v) is 3.14. The van der Waals surface area contributed by atoms with Gasteiger partial charge in [0.25, 0.3) is 0 Å². The van der Waals surface area contributed by atoms with Gasteiger partial charge in [0.1, 0.15) is 0 Å². The van der Waals surface area contributed by atoms with Crippen molar-refractivity contribution in [3.8, 4) is 0 Å². The number of ketones is 1. The summed E-state index contributed by atoms with van der Waals surface area (Å²) in [6.45, 7) is -0.182. The zero-order valence-electron chi connectivity index (χ0n) is 5.86. The van der Waals surface area contributed by atoms with E-state index in [1.165, 1.54) is 0 Å². The fourth-order valence-corrected chi connectivity index (χ4v) is 0.528. The van der Waals surface area contributed by atoms with Crippen LogP contribution in [0.4, 0.5) is 0 Å². The van der Waals surface area contributed by atoms with E-state index in [-0.39, 0.29) is 19.4 Å². The van der Waals surface area contributed by atoms with Gasteiger partial charge in [-0.05, 0) is 6.42 Å². The number of carbonyl (C=O) groups is 2. The molecule has 3 N–H and O–H groups in total. The van der Waals surface area contributed by atoms with Crippen LogP contribution in [0.5, 0.6) is 0 Å². The van der Waals surface area contributed by atoms with E-state index >= 15 is 0 Å². The van der Waals surface area contributed by atoms with Crippen LogP contribution < -0.4 is 0 Å². The fraction of sp³-hybridized carbons (Fsp3) is 0.667. The summed E-state index contributed by atoms with van der Waals surface area (Å²) in [5.74, 6) is -2.32. The molecule has 0 aromatic rings. The van der Waals surface area contributed by atoms with Gasteiger partial charge in [0.15, 0.2) is 5.78 Å². The second-order valence-corrected chi connectivity index (χ2v) is 2.03. The van der Waals surface area contributed by atoms with Crippen molar-refractivity contribution in [2.45, 2.75) is 18.9 Å². The van der Waals surface area contributed by atoms with Gasteiger partial charge in [-0.1, -0.05) is 0 Å². The molecule has 0 rings (SSSR count). The smallest absolute Gasteiger partial charge is 0.340 e. The lowest BCUT2D eigenvalue weighted by Crippen LogP contribution is -2.29. The first kappa shape index (κ1) is 10.1. The summed E-state index contributed by atoms with van der Waals surface area (Å²) in [5.41, 5.74) is 0. The molecule has 0 bridgehead atoms. The van der Waals surface area contributed by atoms with Gasteiger partial charge in [0, 0.05) is 13.0 Å². The third-order valence-corrected chi connectivity index (χ3v) is 1.12. The standard InChI is InChI=1S/C6H10O5/c7-3-1-2-4(8)5(9)6(10)11/h5,7,9H,1-3H2,(H,10,11). The average molecular weight is 162 g/mol. The van der Waals surface area contributed by atoms with Crippen LogP contribution in [0.25, 0.3) is 0 Å². The first-order valence-electron chi connectivity index (χ1n) is 3.14. The number of carboxylic acids is 1. The average Bonchev–Trinajstić information content (AvgIpc) is 1.98. The molecule has 0 saturated carbocycles. The van der Waals surface area contributed by atoms with Crippen LogP contribution >= 0.6 is 0 Å². The minimum Gasteiger partial charge on any atom is -0.479 e. The van der Waals surface area contributed by atoms with Crippen LogP contribution in [0.1, 0.15) is 12.8 Å². The monoisotopic (exact) mass is 162 g/mol. The third-order valence-electron chi connectivity index (χ3n) is 1.12. The van der Waals surface area contributed by atoms with E-state index in [0.717, 1.165) is 0 Å². The highest BCUT2D eigenvalue weighted by atomic mass is 16.4. The SMILES string of the molecule is O=C(O)C(O)C(=O)CCCO. The van der Waals surface area contributed by atoms with E-state index in [2.05, 4.69) is 0 Å². The highest BCUT2D eigenvalue weighted by Gasteiger charge is 2.21. The van der Waals surface area contributed by atoms with Crippen LogP contribution in [-0.2, 0) is 9.59 Å². The molecule has 64 valence electrons. The van der Waals surface area contributed by atoms with Crippen LogP contribution in [0, 0.1) is 0 Å². The molecule has 0 heterocycles. The molecule has 1 unspecified atom stereocenters. The topological polar surface area (TPSA) is 94.8 Å². The van der Waals surface area contributed by atoms with E-state index < -0.39 is 17.9 Å². The predicted octanol–water partition coefficient (Wildman–Crippen LogP) is -1.23. The number of rotatable bonds is 5. The Morgan fingerprint density at radius 1 is 1.36 bits per heavy atom. The Balaban J connectivity index is 3.74. The van der Waals surface area contributed by atoms with Crippen LogP contribution in [0.15, 0.2) is 0 Å². The first-order chi connectivity index (χ1) is 5.09. The molecule has 0 radical (unpaired) electrons. The zero-order valence-corrected chi connectivity index (χ0v) is 5.86. The Kier molecular flexibility index (Phi) is 4.40. The minimum atomic E-state index is -1.94. The molecule has 0 amide bonds. The molecule has 0 aliphatic rings. The lowest BCUT2D eigenvalue weighted by atomic mass is 10.1. The number of carboxylic acid groups (broad SMARTS) is 1. The summed E-state index contributed by atoms with van der Waals surface area (Å²) < 4.78 is 0. The Labute approximate surface area is 63.3 Å². The molecule has 5 heteroatoms. The Hall–Kier alpha value is -0.940. The van der Waals surface area contributed by atoms with Crippen LogP contribution in [-0.4, -0.2) is 39.8 Å². The van der Waals surface area contributed by atoms with E-state index in [4.69, 9.17) is 15.3 Å². The molecule has 0 fully saturated rings. The minimum absolute atomic E-state index is 0.107. The van der Waals surface area contributed by atoms with E-state index in [0.29, 0.717) is 0 Å². The van der Waals surface area contributed by atoms with Gasteiger partial charge in [-0.15, -0.1) is 0 Å². The lowest BCUT2D eigenvalue weighted by molar-refractivity contribution is -0.152. The molecular weight excluding hydrogens is 152 g/mol. The van der Waals surface area contributed by atoms with Gasteiger partial charge in [0.2, 0.25) is 6.10 Å². The summed E-state index contributed by atoms with van der Waals surface area (Å²) in [6, 6.07) is 0. The fourth-order valence-electron chi connectivity index (χ4n) is 0.528. The summed E-state index contributed by atoms with van der Waals surface area (Å²) in [4.78, 5) is 20.6. The van der Waals surface area contributed by atoms with Crippen molar-refractivity contribution in [1.82, 2.24) is 0 Å². The maximum atomic E-state index is 10.6. The Morgan fingerprint density at radius 2 is 1.91 bits per heavy atom. The number of aliphatic hydroxyl groups is 2. The van der Waals surface area contributed by atoms with E-state index in [1.54, 1.807) is 0 Å². The van der Waals surface area contributed by atoms with Crippen molar-refractivity contribution >= 4 is 11.8 Å². The third kappa shape index (κ3) is 3.69. The van der Waals surface area contributed by atoms with Crippen LogP contribution in [0.3, 0.4) is 0 Å². The number of hydrogen-bond acceptors (Lipinski definition) is 4. The summed E-state index contributed by atoms with van der Waals surface area (Å²) in [5, 5.41) is 25.0. The molecule has 0 spiro atoms. The molecular formula is C6H10O5. The van der Waals surface area contributed by atoms with Crippen LogP contribution in [0.2, 0.25) is 0 Å². The highest BCUT2D eigenvalue weighted by molar-refractivity contribution is 6.00. The number of hydrogen-bond donors (Lipinski definition) is 3. The van der Waals surface area contributed by atoms with Crippen molar-refractivity contribution in [3.63, 3.8) is 0 Å². The number of Topliss-reactive ketones (excluding diaryl/α,β-unsaturated/α-hetero) is 1. The molecule has 0 aliphatic heterocycles. The molecule has 5 nitrogen and oxygen atoms in total. The summed E-state index contributed by atoms with van der Waals surface area (Å²) in [7, 11) is 0. The van der Waals surface area contributed by atoms with Crippen molar-refractivity contribution in [3.05, 3.63) is 0 Å². The molecule has 0 aliphatic carbocycles. The normalized spacial score (nSPS) is 12.5.